The molecule has 0 spiro atoms. The van der Waals surface area contributed by atoms with Gasteiger partial charge in [0.25, 0.3) is 5.91 Å². The highest BCUT2D eigenvalue weighted by Crippen LogP contribution is 2.08. The molecule has 15 heavy (non-hydrogen) atoms. The number of carbonyl (C=O) groups excluding carboxylic acids is 1. The monoisotopic (exact) mass is 200 g/mol. The van der Waals surface area contributed by atoms with Crippen LogP contribution in [0.2, 0.25) is 0 Å². The quantitative estimate of drug-likeness (QED) is 0.792. The van der Waals surface area contributed by atoms with Crippen LogP contribution in [0.1, 0.15) is 10.4 Å². The highest BCUT2D eigenvalue weighted by atomic mass is 16.1. The van der Waals surface area contributed by atoms with Gasteiger partial charge in [-0.3, -0.25) is 4.79 Å². The Morgan fingerprint density at radius 1 is 1.20 bits per heavy atom. The first-order chi connectivity index (χ1) is 7.25. The molecule has 0 unspecified atom stereocenters. The van der Waals surface area contributed by atoms with E-state index in [1.807, 2.05) is 48.1 Å². The predicted octanol–water partition coefficient (Wildman–Crippen LogP) is 2.28. The maximum Gasteiger partial charge on any atom is 0.257 e. The summed E-state index contributed by atoms with van der Waals surface area (Å²) in [6.45, 7) is 0. The van der Waals surface area contributed by atoms with Crippen molar-refractivity contribution in [2.45, 2.75) is 0 Å². The van der Waals surface area contributed by atoms with E-state index in [0.29, 0.717) is 5.56 Å². The van der Waals surface area contributed by atoms with Gasteiger partial charge >= 0.3 is 0 Å². The molecule has 0 saturated carbocycles. The maximum atomic E-state index is 11.7. The van der Waals surface area contributed by atoms with Crippen molar-refractivity contribution < 1.29 is 4.79 Å². The zero-order chi connectivity index (χ0) is 10.7. The first-order valence-corrected chi connectivity index (χ1v) is 4.74. The number of hydrogen-bond acceptors (Lipinski definition) is 1. The molecule has 0 fully saturated rings. The molecule has 1 amide bonds. The number of carbonyl (C=O) groups is 1. The molecule has 76 valence electrons. The molecule has 3 nitrogen and oxygen atoms in total. The number of benzene rings is 1. The fourth-order valence-electron chi connectivity index (χ4n) is 1.36. The van der Waals surface area contributed by atoms with E-state index in [-0.39, 0.29) is 5.91 Å². The van der Waals surface area contributed by atoms with Crippen LogP contribution in [0.15, 0.2) is 48.8 Å². The number of aromatic nitrogens is 1. The molecule has 1 aromatic carbocycles. The molecule has 2 aromatic rings. The van der Waals surface area contributed by atoms with Crippen molar-refractivity contribution in [3.8, 4) is 0 Å². The normalized spacial score (nSPS) is 9.93. The van der Waals surface area contributed by atoms with E-state index >= 15 is 0 Å². The summed E-state index contributed by atoms with van der Waals surface area (Å²) >= 11 is 0. The Hall–Kier alpha value is -2.03. The zero-order valence-corrected chi connectivity index (χ0v) is 8.47. The van der Waals surface area contributed by atoms with Crippen molar-refractivity contribution in [3.05, 3.63) is 54.4 Å². The lowest BCUT2D eigenvalue weighted by Crippen LogP contribution is -2.10. The molecule has 1 aromatic heterocycles. The standard InChI is InChI=1S/C12H12N2O/c1-14-8-7-10(9-14)12(15)13-11-5-3-2-4-6-11/h2-9H,1H3,(H,13,15). The highest BCUT2D eigenvalue weighted by Gasteiger charge is 2.05. The van der Waals surface area contributed by atoms with Gasteiger partial charge in [-0.2, -0.15) is 0 Å². The second-order valence-electron chi connectivity index (χ2n) is 3.39. The lowest BCUT2D eigenvalue weighted by Gasteiger charge is -2.02. The minimum absolute atomic E-state index is 0.0817. The smallest absolute Gasteiger partial charge is 0.257 e. The molecule has 0 aliphatic rings. The molecular formula is C12H12N2O. The minimum atomic E-state index is -0.0817. The first kappa shape index (κ1) is 9.52. The molecule has 3 heteroatoms. The maximum absolute atomic E-state index is 11.7. The molecule has 1 N–H and O–H groups in total. The van der Waals surface area contributed by atoms with Crippen LogP contribution < -0.4 is 5.32 Å². The van der Waals surface area contributed by atoms with Gasteiger partial charge in [0.15, 0.2) is 0 Å². The second-order valence-corrected chi connectivity index (χ2v) is 3.39. The second kappa shape index (κ2) is 4.00. The molecular weight excluding hydrogens is 188 g/mol. The van der Waals surface area contributed by atoms with Crippen LogP contribution in [0.5, 0.6) is 0 Å². The summed E-state index contributed by atoms with van der Waals surface area (Å²) in [5, 5.41) is 2.82. The van der Waals surface area contributed by atoms with Gasteiger partial charge in [0, 0.05) is 25.1 Å². The third-order valence-corrected chi connectivity index (χ3v) is 2.13. The predicted molar refractivity (Wildman–Crippen MR) is 59.8 cm³/mol. The van der Waals surface area contributed by atoms with Crippen LogP contribution >= 0.6 is 0 Å². The summed E-state index contributed by atoms with van der Waals surface area (Å²) in [6, 6.07) is 11.2. The van der Waals surface area contributed by atoms with Crippen molar-refractivity contribution in [1.29, 1.82) is 0 Å². The molecule has 0 saturated heterocycles. The summed E-state index contributed by atoms with van der Waals surface area (Å²) < 4.78 is 1.85. The van der Waals surface area contributed by atoms with Crippen LogP contribution in [0.25, 0.3) is 0 Å². The summed E-state index contributed by atoms with van der Waals surface area (Å²) in [5.41, 5.74) is 1.48. The summed E-state index contributed by atoms with van der Waals surface area (Å²) in [7, 11) is 1.89. The van der Waals surface area contributed by atoms with Gasteiger partial charge in [-0.25, -0.2) is 0 Å². The Morgan fingerprint density at radius 3 is 2.53 bits per heavy atom. The SMILES string of the molecule is Cn1ccc(C(=O)Nc2ccccc2)c1. The van der Waals surface area contributed by atoms with Crippen molar-refractivity contribution in [2.24, 2.45) is 7.05 Å². The molecule has 1 heterocycles. The van der Waals surface area contributed by atoms with Gasteiger partial charge in [-0.05, 0) is 18.2 Å². The summed E-state index contributed by atoms with van der Waals surface area (Å²) in [4.78, 5) is 11.7. The Labute approximate surface area is 88.3 Å². The van der Waals surface area contributed by atoms with Crippen LogP contribution in [0.3, 0.4) is 0 Å². The summed E-state index contributed by atoms with van der Waals surface area (Å²) in [6.07, 6.45) is 3.64. The van der Waals surface area contributed by atoms with E-state index in [0.717, 1.165) is 5.69 Å². The van der Waals surface area contributed by atoms with Gasteiger partial charge in [-0.15, -0.1) is 0 Å². The van der Waals surface area contributed by atoms with Crippen molar-refractivity contribution >= 4 is 11.6 Å². The van der Waals surface area contributed by atoms with Gasteiger partial charge in [0.2, 0.25) is 0 Å². The molecule has 0 radical (unpaired) electrons. The van der Waals surface area contributed by atoms with E-state index in [4.69, 9.17) is 0 Å². The fraction of sp³-hybridized carbons (Fsp3) is 0.0833. The van der Waals surface area contributed by atoms with Gasteiger partial charge in [0.05, 0.1) is 5.56 Å². The number of rotatable bonds is 2. The molecule has 0 atom stereocenters. The van der Waals surface area contributed by atoms with E-state index in [2.05, 4.69) is 5.32 Å². The number of para-hydroxylation sites is 1. The Morgan fingerprint density at radius 2 is 1.93 bits per heavy atom. The zero-order valence-electron chi connectivity index (χ0n) is 8.47. The average Bonchev–Trinajstić information content (AvgIpc) is 2.66. The number of amides is 1. The largest absolute Gasteiger partial charge is 0.356 e. The van der Waals surface area contributed by atoms with Crippen LogP contribution in [-0.2, 0) is 7.05 Å². The number of nitrogens with zero attached hydrogens (tertiary/aromatic N) is 1. The van der Waals surface area contributed by atoms with Crippen molar-refractivity contribution in [3.63, 3.8) is 0 Å². The topological polar surface area (TPSA) is 34.0 Å². The highest BCUT2D eigenvalue weighted by molar-refractivity contribution is 6.04. The lowest BCUT2D eigenvalue weighted by atomic mass is 10.3. The van der Waals surface area contributed by atoms with Crippen molar-refractivity contribution in [2.75, 3.05) is 5.32 Å². The Bertz CT molecular complexity index is 459. The van der Waals surface area contributed by atoms with Crippen LogP contribution in [0.4, 0.5) is 5.69 Å². The lowest BCUT2D eigenvalue weighted by molar-refractivity contribution is 0.102. The summed E-state index contributed by atoms with van der Waals surface area (Å²) in [5.74, 6) is -0.0817. The first-order valence-electron chi connectivity index (χ1n) is 4.74. The van der Waals surface area contributed by atoms with Crippen LogP contribution in [0, 0.1) is 0 Å². The van der Waals surface area contributed by atoms with E-state index in [9.17, 15) is 4.79 Å². The Kier molecular flexibility index (Phi) is 2.54. The van der Waals surface area contributed by atoms with Gasteiger partial charge in [-0.1, -0.05) is 18.2 Å². The third-order valence-electron chi connectivity index (χ3n) is 2.13. The average molecular weight is 200 g/mol. The third kappa shape index (κ3) is 2.26. The number of nitrogens with one attached hydrogen (secondary N) is 1. The van der Waals surface area contributed by atoms with E-state index < -0.39 is 0 Å². The number of hydrogen-bond donors (Lipinski definition) is 1. The fourth-order valence-corrected chi connectivity index (χ4v) is 1.36. The van der Waals surface area contributed by atoms with Gasteiger partial charge < -0.3 is 9.88 Å². The van der Waals surface area contributed by atoms with E-state index in [1.54, 1.807) is 12.3 Å². The minimum Gasteiger partial charge on any atom is -0.356 e. The Balaban J connectivity index is 2.11. The van der Waals surface area contributed by atoms with Gasteiger partial charge in [0.1, 0.15) is 0 Å². The molecule has 0 aliphatic heterocycles. The number of anilines is 1. The number of aryl methyl sites for hydroxylation is 1. The molecule has 0 bridgehead atoms. The van der Waals surface area contributed by atoms with Crippen LogP contribution in [-0.4, -0.2) is 10.5 Å². The van der Waals surface area contributed by atoms with E-state index in [1.165, 1.54) is 0 Å². The molecule has 0 aliphatic carbocycles. The van der Waals surface area contributed by atoms with Crippen molar-refractivity contribution in [1.82, 2.24) is 4.57 Å². The molecule has 2 rings (SSSR count).